The zero-order valence-corrected chi connectivity index (χ0v) is 15.2. The van der Waals surface area contributed by atoms with E-state index >= 15 is 0 Å². The van der Waals surface area contributed by atoms with Crippen LogP contribution in [0.15, 0.2) is 0 Å². The molecule has 20 heavy (non-hydrogen) atoms. The van der Waals surface area contributed by atoms with E-state index in [2.05, 4.69) is 54.3 Å². The summed E-state index contributed by atoms with van der Waals surface area (Å²) in [7, 11) is -1.60. The van der Waals surface area contributed by atoms with Crippen molar-refractivity contribution >= 4 is 8.32 Å². The van der Waals surface area contributed by atoms with Gasteiger partial charge in [-0.2, -0.15) is 0 Å². The van der Waals surface area contributed by atoms with Crippen LogP contribution in [-0.4, -0.2) is 13.9 Å². The molecule has 0 saturated carbocycles. The number of rotatable bonds is 2. The molecule has 0 aliphatic carbocycles. The maximum Gasteiger partial charge on any atom is 0.242 e. The van der Waals surface area contributed by atoms with Gasteiger partial charge in [0.2, 0.25) is 8.32 Å². The van der Waals surface area contributed by atoms with Gasteiger partial charge < -0.3 is 9.16 Å². The SMILES string of the molecule is Cc1c(C)c2c(c(C)c1O[Si](C)(C)C)CCC(C)(C)O2. The fourth-order valence-electron chi connectivity index (χ4n) is 2.81. The minimum Gasteiger partial charge on any atom is -0.544 e. The van der Waals surface area contributed by atoms with Crippen molar-refractivity contribution < 1.29 is 9.16 Å². The molecule has 3 heteroatoms. The minimum absolute atomic E-state index is 0.0577. The molecule has 0 aromatic heterocycles. The number of benzene rings is 1. The molecule has 1 aromatic rings. The lowest BCUT2D eigenvalue weighted by atomic mass is 9.88. The van der Waals surface area contributed by atoms with Crippen LogP contribution in [0.25, 0.3) is 0 Å². The quantitative estimate of drug-likeness (QED) is 0.720. The van der Waals surface area contributed by atoms with E-state index in [9.17, 15) is 0 Å². The van der Waals surface area contributed by atoms with Crippen LogP contribution in [0.3, 0.4) is 0 Å². The summed E-state index contributed by atoms with van der Waals surface area (Å²) in [5.41, 5.74) is 5.05. The van der Waals surface area contributed by atoms with E-state index in [1.165, 1.54) is 22.3 Å². The molecule has 1 heterocycles. The molecule has 1 aliphatic heterocycles. The van der Waals surface area contributed by atoms with Gasteiger partial charge >= 0.3 is 0 Å². The topological polar surface area (TPSA) is 18.5 Å². The van der Waals surface area contributed by atoms with Crippen LogP contribution in [0, 0.1) is 20.8 Å². The number of ether oxygens (including phenoxy) is 1. The predicted molar refractivity (Wildman–Crippen MR) is 87.7 cm³/mol. The molecule has 0 spiro atoms. The number of hydrogen-bond acceptors (Lipinski definition) is 2. The van der Waals surface area contributed by atoms with E-state index in [0.717, 1.165) is 24.3 Å². The summed E-state index contributed by atoms with van der Waals surface area (Å²) < 4.78 is 12.6. The first kappa shape index (κ1) is 15.4. The average molecular weight is 292 g/mol. The second-order valence-corrected chi connectivity index (χ2v) is 12.0. The molecule has 0 amide bonds. The molecule has 0 unspecified atom stereocenters. The average Bonchev–Trinajstić information content (AvgIpc) is 2.29. The van der Waals surface area contributed by atoms with Crippen LogP contribution in [0.4, 0.5) is 0 Å². The molecule has 0 N–H and O–H groups in total. The van der Waals surface area contributed by atoms with Gasteiger partial charge in [-0.15, -0.1) is 0 Å². The number of hydrogen-bond donors (Lipinski definition) is 0. The van der Waals surface area contributed by atoms with E-state index in [1.807, 2.05) is 0 Å². The second kappa shape index (κ2) is 4.80. The Kier molecular flexibility index (Phi) is 3.70. The maximum atomic E-state index is 6.35. The van der Waals surface area contributed by atoms with Gasteiger partial charge in [-0.05, 0) is 83.8 Å². The fourth-order valence-corrected chi connectivity index (χ4v) is 3.73. The van der Waals surface area contributed by atoms with Crippen molar-refractivity contribution in [1.82, 2.24) is 0 Å². The van der Waals surface area contributed by atoms with Gasteiger partial charge in [0.05, 0.1) is 0 Å². The molecule has 0 fully saturated rings. The molecule has 0 saturated heterocycles. The smallest absolute Gasteiger partial charge is 0.242 e. The highest BCUT2D eigenvalue weighted by Crippen LogP contribution is 2.44. The van der Waals surface area contributed by atoms with Crippen LogP contribution < -0.4 is 9.16 Å². The summed E-state index contributed by atoms with van der Waals surface area (Å²) in [5.74, 6) is 2.20. The van der Waals surface area contributed by atoms with Crippen LogP contribution in [-0.2, 0) is 6.42 Å². The molecular weight excluding hydrogens is 264 g/mol. The standard InChI is InChI=1S/C17H28O2Si/c1-11-12(2)16-14(9-10-17(4,5)18-16)13(3)15(11)19-20(6,7)8/h9-10H2,1-8H3. The minimum atomic E-state index is -1.60. The first-order chi connectivity index (χ1) is 9.02. The molecule has 2 rings (SSSR count). The summed E-state index contributed by atoms with van der Waals surface area (Å²) in [5, 5.41) is 0. The lowest BCUT2D eigenvalue weighted by Gasteiger charge is -2.36. The van der Waals surface area contributed by atoms with Crippen molar-refractivity contribution in [3.63, 3.8) is 0 Å². The van der Waals surface area contributed by atoms with E-state index in [0.29, 0.717) is 0 Å². The third-order valence-electron chi connectivity index (χ3n) is 4.07. The Morgan fingerprint density at radius 2 is 1.60 bits per heavy atom. The maximum absolute atomic E-state index is 6.35. The third kappa shape index (κ3) is 2.88. The monoisotopic (exact) mass is 292 g/mol. The fraction of sp³-hybridized carbons (Fsp3) is 0.647. The van der Waals surface area contributed by atoms with Crippen LogP contribution in [0.5, 0.6) is 11.5 Å². The van der Waals surface area contributed by atoms with Crippen LogP contribution >= 0.6 is 0 Å². The van der Waals surface area contributed by atoms with Gasteiger partial charge in [-0.3, -0.25) is 0 Å². The molecular formula is C17H28O2Si. The lowest BCUT2D eigenvalue weighted by molar-refractivity contribution is 0.0832. The highest BCUT2D eigenvalue weighted by Gasteiger charge is 2.32. The van der Waals surface area contributed by atoms with Gasteiger partial charge in [0.25, 0.3) is 0 Å². The molecule has 1 aliphatic rings. The Morgan fingerprint density at radius 3 is 2.15 bits per heavy atom. The normalized spacial score (nSPS) is 17.4. The van der Waals surface area contributed by atoms with E-state index in [-0.39, 0.29) is 5.60 Å². The van der Waals surface area contributed by atoms with Gasteiger partial charge in [0.15, 0.2) is 0 Å². The third-order valence-corrected chi connectivity index (χ3v) is 4.89. The lowest BCUT2D eigenvalue weighted by Crippen LogP contribution is -2.34. The zero-order chi connectivity index (χ0) is 15.3. The van der Waals surface area contributed by atoms with Gasteiger partial charge in [-0.1, -0.05) is 0 Å². The molecule has 2 nitrogen and oxygen atoms in total. The largest absolute Gasteiger partial charge is 0.544 e. The van der Waals surface area contributed by atoms with Crippen LogP contribution in [0.2, 0.25) is 19.6 Å². The molecule has 112 valence electrons. The van der Waals surface area contributed by atoms with E-state index in [1.54, 1.807) is 0 Å². The Bertz CT molecular complexity index is 539. The Balaban J connectivity index is 2.57. The summed E-state index contributed by atoms with van der Waals surface area (Å²) >= 11 is 0. The van der Waals surface area contributed by atoms with Gasteiger partial charge in [-0.25, -0.2) is 0 Å². The van der Waals surface area contributed by atoms with Crippen molar-refractivity contribution in [2.24, 2.45) is 0 Å². The van der Waals surface area contributed by atoms with Gasteiger partial charge in [0.1, 0.15) is 17.1 Å². The second-order valence-electron chi connectivity index (χ2n) is 7.59. The Morgan fingerprint density at radius 1 is 1.00 bits per heavy atom. The van der Waals surface area contributed by atoms with Crippen molar-refractivity contribution in [1.29, 1.82) is 0 Å². The van der Waals surface area contributed by atoms with E-state index < -0.39 is 8.32 Å². The summed E-state index contributed by atoms with van der Waals surface area (Å²) in [6, 6.07) is 0. The zero-order valence-electron chi connectivity index (χ0n) is 14.2. The van der Waals surface area contributed by atoms with Crippen molar-refractivity contribution in [2.75, 3.05) is 0 Å². The van der Waals surface area contributed by atoms with Gasteiger partial charge in [0, 0.05) is 5.56 Å². The van der Waals surface area contributed by atoms with Crippen LogP contribution in [0.1, 0.15) is 42.5 Å². The summed E-state index contributed by atoms with van der Waals surface area (Å²) in [4.78, 5) is 0. The highest BCUT2D eigenvalue weighted by atomic mass is 28.4. The first-order valence-corrected chi connectivity index (χ1v) is 10.9. The molecule has 0 bridgehead atoms. The number of fused-ring (bicyclic) bond motifs is 1. The van der Waals surface area contributed by atoms with Crippen molar-refractivity contribution in [2.45, 2.75) is 72.7 Å². The summed E-state index contributed by atoms with van der Waals surface area (Å²) in [6.45, 7) is 17.6. The predicted octanol–water partition coefficient (Wildman–Crippen LogP) is 4.93. The Labute approximate surface area is 124 Å². The molecule has 0 radical (unpaired) electrons. The summed E-state index contributed by atoms with van der Waals surface area (Å²) in [6.07, 6.45) is 2.15. The Hall–Kier alpha value is -0.963. The van der Waals surface area contributed by atoms with E-state index in [4.69, 9.17) is 9.16 Å². The van der Waals surface area contributed by atoms with Crippen molar-refractivity contribution in [3.8, 4) is 11.5 Å². The molecule has 0 atom stereocenters. The highest BCUT2D eigenvalue weighted by molar-refractivity contribution is 6.70. The molecule has 1 aromatic carbocycles. The van der Waals surface area contributed by atoms with Crippen molar-refractivity contribution in [3.05, 3.63) is 22.3 Å². The first-order valence-electron chi connectivity index (χ1n) is 7.52.